The van der Waals surface area contributed by atoms with E-state index in [0.717, 1.165) is 17.2 Å². The molecule has 2 aromatic carbocycles. The van der Waals surface area contributed by atoms with Gasteiger partial charge in [0.05, 0.1) is 10.8 Å². The summed E-state index contributed by atoms with van der Waals surface area (Å²) in [7, 11) is 0. The largest absolute Gasteiger partial charge is 0.148 e. The summed E-state index contributed by atoms with van der Waals surface area (Å²) in [5, 5.41) is 2.35. The third-order valence-electron chi connectivity index (χ3n) is 4.37. The van der Waals surface area contributed by atoms with E-state index in [1.807, 2.05) is 6.07 Å². The number of hydrogen-bond donors (Lipinski definition) is 0. The maximum absolute atomic E-state index is 3.47. The molecule has 4 rings (SSSR count). The Labute approximate surface area is 148 Å². The molecule has 0 unspecified atom stereocenters. The zero-order valence-electron chi connectivity index (χ0n) is 14.0. The standard InChI is InChI=1S/C25H19/c1-3-7-22(8-4-1)24-15-11-20(12-16-24)19-21-13-17-25(18-14-21)23-9-5-2-6-10-23/h1,3-18H,2H2/q+1. The summed E-state index contributed by atoms with van der Waals surface area (Å²) in [6.45, 7) is 0. The lowest BCUT2D eigenvalue weighted by atomic mass is 9.97. The van der Waals surface area contributed by atoms with Gasteiger partial charge in [0.15, 0.2) is 0 Å². The molecule has 0 atom stereocenters. The predicted octanol–water partition coefficient (Wildman–Crippen LogP) is 4.52. The van der Waals surface area contributed by atoms with E-state index in [1.165, 1.54) is 21.9 Å². The van der Waals surface area contributed by atoms with Gasteiger partial charge in [-0.05, 0) is 41.5 Å². The summed E-state index contributed by atoms with van der Waals surface area (Å²) in [6.07, 6.45) is 18.3. The quantitative estimate of drug-likeness (QED) is 0.678. The fraction of sp³-hybridized carbons (Fsp3) is 0.0400. The normalized spacial score (nSPS) is 15.6. The van der Waals surface area contributed by atoms with E-state index in [2.05, 4.69) is 103 Å². The van der Waals surface area contributed by atoms with Crippen molar-refractivity contribution in [3.8, 4) is 0 Å². The molecule has 0 saturated heterocycles. The Hall–Kier alpha value is -3.21. The van der Waals surface area contributed by atoms with Crippen LogP contribution in [0.4, 0.5) is 0 Å². The van der Waals surface area contributed by atoms with Crippen molar-refractivity contribution in [1.82, 2.24) is 0 Å². The number of rotatable bonds is 1. The molecule has 0 heteroatoms. The molecular formula is C25H19+. The molecule has 0 radical (unpaired) electrons. The Morgan fingerprint density at radius 1 is 0.760 bits per heavy atom. The van der Waals surface area contributed by atoms with Crippen molar-refractivity contribution in [3.05, 3.63) is 125 Å². The smallest absolute Gasteiger partial charge is 0.0801 e. The minimum atomic E-state index is 1.03. The molecule has 25 heavy (non-hydrogen) atoms. The minimum Gasteiger partial charge on any atom is -0.0801 e. The first-order valence-electron chi connectivity index (χ1n) is 8.61. The highest BCUT2D eigenvalue weighted by Crippen LogP contribution is 2.22. The van der Waals surface area contributed by atoms with Crippen molar-refractivity contribution in [2.24, 2.45) is 0 Å². The fourth-order valence-electron chi connectivity index (χ4n) is 3.01. The molecule has 2 aliphatic rings. The average molecular weight is 319 g/mol. The molecule has 0 amide bonds. The average Bonchev–Trinajstić information content (AvgIpc) is 2.71. The van der Waals surface area contributed by atoms with Crippen LogP contribution in [-0.4, -0.2) is 0 Å². The Morgan fingerprint density at radius 3 is 2.20 bits per heavy atom. The summed E-state index contributed by atoms with van der Waals surface area (Å²) in [5.74, 6) is 0. The van der Waals surface area contributed by atoms with Gasteiger partial charge in [0.25, 0.3) is 0 Å². The molecule has 0 N–H and O–H groups in total. The van der Waals surface area contributed by atoms with Crippen molar-refractivity contribution in [2.45, 2.75) is 6.42 Å². The van der Waals surface area contributed by atoms with Gasteiger partial charge in [-0.1, -0.05) is 54.6 Å². The van der Waals surface area contributed by atoms with Crippen molar-refractivity contribution in [1.29, 1.82) is 0 Å². The van der Waals surface area contributed by atoms with Crippen LogP contribution >= 0.6 is 0 Å². The van der Waals surface area contributed by atoms with Crippen LogP contribution < -0.4 is 10.4 Å². The van der Waals surface area contributed by atoms with E-state index in [0.29, 0.717) is 0 Å². The minimum absolute atomic E-state index is 1.03. The first kappa shape index (κ1) is 15.3. The molecular weight excluding hydrogens is 300 g/mol. The molecule has 0 bridgehead atoms. The van der Waals surface area contributed by atoms with Crippen molar-refractivity contribution < 1.29 is 0 Å². The monoisotopic (exact) mass is 319 g/mol. The number of allylic oxidation sites excluding steroid dienone is 9. The van der Waals surface area contributed by atoms with Gasteiger partial charge in [0.1, 0.15) is 5.57 Å². The van der Waals surface area contributed by atoms with Crippen LogP contribution in [0.25, 0.3) is 16.9 Å². The molecule has 0 heterocycles. The van der Waals surface area contributed by atoms with E-state index in [4.69, 9.17) is 0 Å². The van der Waals surface area contributed by atoms with E-state index >= 15 is 0 Å². The van der Waals surface area contributed by atoms with Gasteiger partial charge in [-0.15, -0.1) is 0 Å². The molecule has 0 spiro atoms. The third kappa shape index (κ3) is 3.66. The SMILES string of the molecule is C(=C1C=CC(c2ccccc2)=C[CH+]1)=c1ccc(=C2C=CCC=C2)cc1. The molecule has 0 aliphatic heterocycles. The molecule has 2 aliphatic carbocycles. The molecule has 0 nitrogen and oxygen atoms in total. The second kappa shape index (κ2) is 7.13. The van der Waals surface area contributed by atoms with Gasteiger partial charge in [-0.2, -0.15) is 0 Å². The number of benzene rings is 2. The molecule has 118 valence electrons. The first-order valence-corrected chi connectivity index (χ1v) is 8.61. The van der Waals surface area contributed by atoms with E-state index in [-0.39, 0.29) is 0 Å². The predicted molar refractivity (Wildman–Crippen MR) is 107 cm³/mol. The summed E-state index contributed by atoms with van der Waals surface area (Å²) in [5.41, 5.74) is 8.30. The highest BCUT2D eigenvalue weighted by atomic mass is 14.1. The molecule has 2 aromatic rings. The topological polar surface area (TPSA) is 0 Å². The van der Waals surface area contributed by atoms with Crippen molar-refractivity contribution >= 4 is 16.9 Å². The highest BCUT2D eigenvalue weighted by Gasteiger charge is 2.10. The first-order chi connectivity index (χ1) is 12.4. The van der Waals surface area contributed by atoms with Crippen LogP contribution in [0.5, 0.6) is 0 Å². The van der Waals surface area contributed by atoms with E-state index in [9.17, 15) is 0 Å². The van der Waals surface area contributed by atoms with Crippen molar-refractivity contribution in [2.75, 3.05) is 0 Å². The van der Waals surface area contributed by atoms with Crippen LogP contribution in [0.2, 0.25) is 0 Å². The molecule has 0 aromatic heterocycles. The van der Waals surface area contributed by atoms with Gasteiger partial charge in [-0.3, -0.25) is 0 Å². The van der Waals surface area contributed by atoms with Gasteiger partial charge >= 0.3 is 0 Å². The Balaban J connectivity index is 1.62. The lowest BCUT2D eigenvalue weighted by molar-refractivity contribution is 1.37. The second-order valence-electron chi connectivity index (χ2n) is 6.14. The molecule has 0 fully saturated rings. The third-order valence-corrected chi connectivity index (χ3v) is 4.37. The van der Waals surface area contributed by atoms with Crippen LogP contribution in [0.1, 0.15) is 12.0 Å². The van der Waals surface area contributed by atoms with Gasteiger partial charge < -0.3 is 0 Å². The Morgan fingerprint density at radius 2 is 1.52 bits per heavy atom. The van der Waals surface area contributed by atoms with Crippen molar-refractivity contribution in [3.63, 3.8) is 0 Å². The van der Waals surface area contributed by atoms with Crippen LogP contribution in [0.3, 0.4) is 0 Å². The van der Waals surface area contributed by atoms with Gasteiger partial charge in [0, 0.05) is 35.9 Å². The van der Waals surface area contributed by atoms with Crippen LogP contribution in [-0.2, 0) is 0 Å². The lowest BCUT2D eigenvalue weighted by Gasteiger charge is -2.01. The fourth-order valence-corrected chi connectivity index (χ4v) is 3.01. The van der Waals surface area contributed by atoms with Gasteiger partial charge in [0.2, 0.25) is 0 Å². The summed E-state index contributed by atoms with van der Waals surface area (Å²) >= 11 is 0. The summed E-state index contributed by atoms with van der Waals surface area (Å²) < 4.78 is 0. The zero-order valence-corrected chi connectivity index (χ0v) is 14.0. The summed E-state index contributed by atoms with van der Waals surface area (Å²) in [6, 6.07) is 19.0. The Kier molecular flexibility index (Phi) is 4.37. The van der Waals surface area contributed by atoms with Gasteiger partial charge in [-0.25, -0.2) is 0 Å². The number of hydrogen-bond acceptors (Lipinski definition) is 0. The summed E-state index contributed by atoms with van der Waals surface area (Å²) in [4.78, 5) is 0. The highest BCUT2D eigenvalue weighted by molar-refractivity contribution is 5.79. The maximum atomic E-state index is 3.47. The van der Waals surface area contributed by atoms with E-state index in [1.54, 1.807) is 0 Å². The lowest BCUT2D eigenvalue weighted by Crippen LogP contribution is -2.09. The Bertz CT molecular complexity index is 1010. The van der Waals surface area contributed by atoms with Crippen LogP contribution in [0.15, 0.2) is 103 Å². The zero-order chi connectivity index (χ0) is 16.9. The van der Waals surface area contributed by atoms with Crippen LogP contribution in [0, 0.1) is 6.42 Å². The maximum Gasteiger partial charge on any atom is 0.148 e. The van der Waals surface area contributed by atoms with E-state index < -0.39 is 0 Å². The second-order valence-corrected chi connectivity index (χ2v) is 6.14. The molecule has 0 saturated carbocycles.